The van der Waals surface area contributed by atoms with Gasteiger partial charge in [-0.15, -0.1) is 0 Å². The normalized spacial score (nSPS) is 12.4. The van der Waals surface area contributed by atoms with Gasteiger partial charge in [-0.3, -0.25) is 9.59 Å². The summed E-state index contributed by atoms with van der Waals surface area (Å²) in [4.78, 5) is 24.8. The highest BCUT2D eigenvalue weighted by Crippen LogP contribution is 2.03. The Balaban J connectivity index is 4.41. The van der Waals surface area contributed by atoms with Crippen LogP contribution in [0.2, 0.25) is 0 Å². The van der Waals surface area contributed by atoms with Gasteiger partial charge in [-0.25, -0.2) is 0 Å². The molecular weight excluding hydrogens is 220 g/mol. The molecule has 1 amide bonds. The van der Waals surface area contributed by atoms with Crippen LogP contribution in [-0.4, -0.2) is 42.5 Å². The Morgan fingerprint density at radius 3 is 2.29 bits per heavy atom. The quantitative estimate of drug-likeness (QED) is 0.671. The van der Waals surface area contributed by atoms with Crippen LogP contribution < -0.4 is 5.73 Å². The molecule has 17 heavy (non-hydrogen) atoms. The maximum absolute atomic E-state index is 11.9. The monoisotopic (exact) mass is 244 g/mol. The number of hydrogen-bond donors (Lipinski definition) is 1. The number of carbonyl (C=O) groups is 2. The molecule has 0 aromatic carbocycles. The van der Waals surface area contributed by atoms with Crippen molar-refractivity contribution >= 4 is 11.9 Å². The fourth-order valence-electron chi connectivity index (χ4n) is 1.46. The number of esters is 1. The number of carbonyl (C=O) groups excluding carboxylic acids is 2. The highest BCUT2D eigenvalue weighted by molar-refractivity contribution is 5.82. The average Bonchev–Trinajstić information content (AvgIpc) is 2.15. The lowest BCUT2D eigenvalue weighted by atomic mass is 10.1. The number of nitrogens with two attached hydrogens (primary N) is 1. The SMILES string of the molecule is CCOC(=O)CN(CC(C)C)C(=O)CC(C)N. The molecule has 2 N–H and O–H groups in total. The number of nitrogens with zero attached hydrogens (tertiary/aromatic N) is 1. The Morgan fingerprint density at radius 1 is 1.29 bits per heavy atom. The first-order valence-electron chi connectivity index (χ1n) is 6.05. The molecule has 0 saturated heterocycles. The van der Waals surface area contributed by atoms with E-state index in [1.54, 1.807) is 13.8 Å². The first-order chi connectivity index (χ1) is 7.86. The van der Waals surface area contributed by atoms with Crippen molar-refractivity contribution in [2.45, 2.75) is 40.2 Å². The van der Waals surface area contributed by atoms with Gasteiger partial charge in [0.1, 0.15) is 6.54 Å². The van der Waals surface area contributed by atoms with Crippen molar-refractivity contribution in [2.75, 3.05) is 19.7 Å². The van der Waals surface area contributed by atoms with Crippen LogP contribution in [0.1, 0.15) is 34.1 Å². The molecular formula is C12H24N2O3. The summed E-state index contributed by atoms with van der Waals surface area (Å²) in [5, 5.41) is 0. The van der Waals surface area contributed by atoms with Crippen LogP contribution in [0.3, 0.4) is 0 Å². The molecule has 0 bridgehead atoms. The third-order valence-corrected chi connectivity index (χ3v) is 2.06. The molecule has 0 aliphatic rings. The molecule has 0 radical (unpaired) electrons. The largest absolute Gasteiger partial charge is 0.465 e. The highest BCUT2D eigenvalue weighted by atomic mass is 16.5. The number of hydrogen-bond acceptors (Lipinski definition) is 4. The van der Waals surface area contributed by atoms with Gasteiger partial charge in [0.15, 0.2) is 0 Å². The molecule has 5 heteroatoms. The third-order valence-electron chi connectivity index (χ3n) is 2.06. The van der Waals surface area contributed by atoms with Gasteiger partial charge in [-0.2, -0.15) is 0 Å². The lowest BCUT2D eigenvalue weighted by molar-refractivity contribution is -0.149. The van der Waals surface area contributed by atoms with E-state index in [0.717, 1.165) is 0 Å². The molecule has 0 aliphatic heterocycles. The van der Waals surface area contributed by atoms with Gasteiger partial charge in [0.25, 0.3) is 0 Å². The summed E-state index contributed by atoms with van der Waals surface area (Å²) in [6.07, 6.45) is 0.256. The molecule has 5 nitrogen and oxygen atoms in total. The lowest BCUT2D eigenvalue weighted by Gasteiger charge is -2.24. The minimum atomic E-state index is -0.369. The van der Waals surface area contributed by atoms with Crippen molar-refractivity contribution in [1.29, 1.82) is 0 Å². The van der Waals surface area contributed by atoms with Gasteiger partial charge in [0.2, 0.25) is 5.91 Å². The van der Waals surface area contributed by atoms with E-state index < -0.39 is 0 Å². The minimum Gasteiger partial charge on any atom is -0.465 e. The van der Waals surface area contributed by atoms with E-state index in [1.165, 1.54) is 4.90 Å². The molecule has 1 unspecified atom stereocenters. The van der Waals surface area contributed by atoms with E-state index in [4.69, 9.17) is 10.5 Å². The molecule has 0 heterocycles. The number of rotatable bonds is 7. The second kappa shape index (κ2) is 8.06. The van der Waals surface area contributed by atoms with E-state index in [2.05, 4.69) is 0 Å². The third kappa shape index (κ3) is 7.74. The molecule has 0 saturated carbocycles. The fraction of sp³-hybridized carbons (Fsp3) is 0.833. The van der Waals surface area contributed by atoms with Crippen LogP contribution in [-0.2, 0) is 14.3 Å². The van der Waals surface area contributed by atoms with Gasteiger partial charge in [0, 0.05) is 19.0 Å². The molecule has 1 atom stereocenters. The maximum Gasteiger partial charge on any atom is 0.325 e. The Kier molecular flexibility index (Phi) is 7.54. The van der Waals surface area contributed by atoms with E-state index in [9.17, 15) is 9.59 Å². The lowest BCUT2D eigenvalue weighted by Crippen LogP contribution is -2.41. The summed E-state index contributed by atoms with van der Waals surface area (Å²) < 4.78 is 4.85. The second-order valence-electron chi connectivity index (χ2n) is 4.65. The molecule has 0 spiro atoms. The number of amides is 1. The molecule has 0 fully saturated rings. The smallest absolute Gasteiger partial charge is 0.325 e. The zero-order chi connectivity index (χ0) is 13.4. The zero-order valence-electron chi connectivity index (χ0n) is 11.2. The topological polar surface area (TPSA) is 72.6 Å². The van der Waals surface area contributed by atoms with Gasteiger partial charge >= 0.3 is 5.97 Å². The van der Waals surface area contributed by atoms with E-state index in [1.807, 2.05) is 13.8 Å². The Bertz CT molecular complexity index is 252. The standard InChI is InChI=1S/C12H24N2O3/c1-5-17-12(16)8-14(7-9(2)3)11(15)6-10(4)13/h9-10H,5-8,13H2,1-4H3. The summed E-state index contributed by atoms with van der Waals surface area (Å²) in [6, 6.07) is -0.195. The van der Waals surface area contributed by atoms with Crippen molar-refractivity contribution < 1.29 is 14.3 Å². The average molecular weight is 244 g/mol. The second-order valence-corrected chi connectivity index (χ2v) is 4.65. The Labute approximate surface area is 103 Å². The molecule has 0 aromatic rings. The van der Waals surface area contributed by atoms with Crippen LogP contribution in [0.15, 0.2) is 0 Å². The van der Waals surface area contributed by atoms with Crippen molar-refractivity contribution in [2.24, 2.45) is 11.7 Å². The highest BCUT2D eigenvalue weighted by Gasteiger charge is 2.19. The Hall–Kier alpha value is -1.10. The first kappa shape index (κ1) is 15.9. The van der Waals surface area contributed by atoms with Crippen molar-refractivity contribution in [3.8, 4) is 0 Å². The predicted octanol–water partition coefficient (Wildman–Crippen LogP) is 0.771. The van der Waals surface area contributed by atoms with E-state index >= 15 is 0 Å². The summed E-state index contributed by atoms with van der Waals surface area (Å²) in [7, 11) is 0. The summed E-state index contributed by atoms with van der Waals surface area (Å²) in [5.41, 5.74) is 5.59. The van der Waals surface area contributed by atoms with E-state index in [-0.39, 0.29) is 30.9 Å². The van der Waals surface area contributed by atoms with Crippen molar-refractivity contribution in [3.05, 3.63) is 0 Å². The van der Waals surface area contributed by atoms with Gasteiger partial charge < -0.3 is 15.4 Å². The fourth-order valence-corrected chi connectivity index (χ4v) is 1.46. The van der Waals surface area contributed by atoms with Gasteiger partial charge in [-0.1, -0.05) is 13.8 Å². The van der Waals surface area contributed by atoms with Crippen LogP contribution in [0, 0.1) is 5.92 Å². The molecule has 0 aliphatic carbocycles. The predicted molar refractivity (Wildman–Crippen MR) is 66.3 cm³/mol. The van der Waals surface area contributed by atoms with Crippen molar-refractivity contribution in [1.82, 2.24) is 4.90 Å². The van der Waals surface area contributed by atoms with Crippen LogP contribution in [0.25, 0.3) is 0 Å². The van der Waals surface area contributed by atoms with Gasteiger partial charge in [-0.05, 0) is 19.8 Å². The van der Waals surface area contributed by atoms with Crippen molar-refractivity contribution in [3.63, 3.8) is 0 Å². The maximum atomic E-state index is 11.9. The molecule has 0 aromatic heterocycles. The zero-order valence-corrected chi connectivity index (χ0v) is 11.2. The van der Waals surface area contributed by atoms with E-state index in [0.29, 0.717) is 19.1 Å². The molecule has 0 rings (SSSR count). The van der Waals surface area contributed by atoms with Crippen LogP contribution in [0.4, 0.5) is 0 Å². The van der Waals surface area contributed by atoms with Gasteiger partial charge in [0.05, 0.1) is 6.61 Å². The summed E-state index contributed by atoms with van der Waals surface area (Å²) >= 11 is 0. The Morgan fingerprint density at radius 2 is 1.88 bits per heavy atom. The number of ether oxygens (including phenoxy) is 1. The summed E-state index contributed by atoms with van der Waals surface area (Å²) in [5.74, 6) is -0.158. The minimum absolute atomic E-state index is 0.0115. The van der Waals surface area contributed by atoms with Crippen LogP contribution >= 0.6 is 0 Å². The molecule has 100 valence electrons. The summed E-state index contributed by atoms with van der Waals surface area (Å²) in [6.45, 7) is 8.40. The van der Waals surface area contributed by atoms with Crippen LogP contribution in [0.5, 0.6) is 0 Å². The first-order valence-corrected chi connectivity index (χ1v) is 6.05.